The second-order valence-corrected chi connectivity index (χ2v) is 8.92. The van der Waals surface area contributed by atoms with E-state index in [0.29, 0.717) is 30.9 Å². The number of aromatic nitrogens is 1. The fraction of sp³-hybridized carbons (Fsp3) is 0.333. The zero-order valence-corrected chi connectivity index (χ0v) is 17.0. The van der Waals surface area contributed by atoms with Gasteiger partial charge in [-0.2, -0.15) is 0 Å². The van der Waals surface area contributed by atoms with Gasteiger partial charge in [-0.05, 0) is 44.5 Å². The topological polar surface area (TPSA) is 77.6 Å². The number of rotatable bonds is 5. The van der Waals surface area contributed by atoms with Gasteiger partial charge in [-0.3, -0.25) is 4.31 Å². The summed E-state index contributed by atoms with van der Waals surface area (Å²) in [5.41, 5.74) is 10.8. The average Bonchev–Trinajstić information content (AvgIpc) is 3.18. The molecule has 6 nitrogen and oxygen atoms in total. The summed E-state index contributed by atoms with van der Waals surface area (Å²) in [6.45, 7) is 5.90. The molecule has 1 saturated heterocycles. The van der Waals surface area contributed by atoms with Crippen LogP contribution < -0.4 is 14.8 Å². The predicted octanol–water partition coefficient (Wildman–Crippen LogP) is 3.85. The third-order valence-corrected chi connectivity index (χ3v) is 7.08. The molecule has 2 heterocycles. The molecule has 0 radical (unpaired) electrons. The fourth-order valence-electron chi connectivity index (χ4n) is 3.99. The van der Waals surface area contributed by atoms with Crippen LogP contribution in [0.2, 0.25) is 0 Å². The van der Waals surface area contributed by atoms with Crippen LogP contribution in [0.25, 0.3) is 22.2 Å². The first-order valence-corrected chi connectivity index (χ1v) is 11.2. The maximum absolute atomic E-state index is 12.3. The van der Waals surface area contributed by atoms with Crippen molar-refractivity contribution < 1.29 is 13.2 Å². The predicted molar refractivity (Wildman–Crippen MR) is 114 cm³/mol. The molecule has 2 N–H and O–H groups in total. The highest BCUT2D eigenvalue weighted by Gasteiger charge is 2.29. The Bertz CT molecular complexity index is 1140. The minimum absolute atomic E-state index is 0.203. The van der Waals surface area contributed by atoms with Crippen LogP contribution in [-0.4, -0.2) is 31.9 Å². The average molecular weight is 400 g/mol. The van der Waals surface area contributed by atoms with E-state index in [1.807, 2.05) is 49.4 Å². The van der Waals surface area contributed by atoms with Crippen molar-refractivity contribution in [3.05, 3.63) is 42.5 Å². The zero-order valence-electron chi connectivity index (χ0n) is 16.2. The van der Waals surface area contributed by atoms with Gasteiger partial charge in [0.25, 0.3) is 0 Å². The summed E-state index contributed by atoms with van der Waals surface area (Å²) in [4.78, 5) is 0. The minimum atomic E-state index is -3.22. The molecule has 1 aliphatic rings. The minimum Gasteiger partial charge on any atom is -0.494 e. The molecule has 148 valence electrons. The monoisotopic (exact) mass is 399 g/mol. The van der Waals surface area contributed by atoms with Crippen LogP contribution in [0.1, 0.15) is 20.3 Å². The second-order valence-electron chi connectivity index (χ2n) is 6.91. The van der Waals surface area contributed by atoms with E-state index >= 15 is 0 Å². The van der Waals surface area contributed by atoms with Crippen molar-refractivity contribution in [3.8, 4) is 17.0 Å². The Morgan fingerprint density at radius 1 is 1.14 bits per heavy atom. The standard InChI is InChI=1S/C21H25N3O3S/c1-3-23-19-14-17(27-4-2)9-10-18(19)20(22)21(23)15-7-5-8-16(13-15)24-11-6-12-28(24,25)26/h5,7-10,13-14H,3-4,6,11-12,22H2,1-2H3. The summed E-state index contributed by atoms with van der Waals surface area (Å²) < 4.78 is 34.0. The summed E-state index contributed by atoms with van der Waals surface area (Å²) >= 11 is 0. The van der Waals surface area contributed by atoms with E-state index in [1.54, 1.807) is 0 Å². The molecular weight excluding hydrogens is 374 g/mol. The van der Waals surface area contributed by atoms with Crippen molar-refractivity contribution in [1.29, 1.82) is 0 Å². The van der Waals surface area contributed by atoms with Crippen LogP contribution in [0.15, 0.2) is 42.5 Å². The zero-order chi connectivity index (χ0) is 19.9. The third kappa shape index (κ3) is 2.99. The van der Waals surface area contributed by atoms with Crippen LogP contribution in [0, 0.1) is 0 Å². The third-order valence-electron chi connectivity index (χ3n) is 5.21. The number of nitrogens with zero attached hydrogens (tertiary/aromatic N) is 2. The first kappa shape index (κ1) is 18.7. The van der Waals surface area contributed by atoms with E-state index < -0.39 is 10.0 Å². The molecule has 2 aromatic carbocycles. The Labute approximate surface area is 165 Å². The van der Waals surface area contributed by atoms with E-state index in [0.717, 1.165) is 34.5 Å². The summed E-state index contributed by atoms with van der Waals surface area (Å²) in [6, 6.07) is 13.6. The van der Waals surface area contributed by atoms with Gasteiger partial charge in [-0.1, -0.05) is 12.1 Å². The molecule has 1 fully saturated rings. The Hall–Kier alpha value is -2.67. The smallest absolute Gasteiger partial charge is 0.235 e. The normalized spacial score (nSPS) is 16.0. The molecule has 0 spiro atoms. The number of benzene rings is 2. The van der Waals surface area contributed by atoms with Gasteiger partial charge in [0.15, 0.2) is 0 Å². The lowest BCUT2D eigenvalue weighted by Crippen LogP contribution is -2.25. The first-order chi connectivity index (χ1) is 13.5. The fourth-order valence-corrected chi connectivity index (χ4v) is 5.55. The quantitative estimate of drug-likeness (QED) is 0.707. The summed E-state index contributed by atoms with van der Waals surface area (Å²) in [5, 5.41) is 0.972. The van der Waals surface area contributed by atoms with Gasteiger partial charge in [-0.15, -0.1) is 0 Å². The Kier molecular flexibility index (Phi) is 4.71. The van der Waals surface area contributed by atoms with Crippen LogP contribution in [0.5, 0.6) is 5.75 Å². The lowest BCUT2D eigenvalue weighted by Gasteiger charge is -2.18. The molecule has 28 heavy (non-hydrogen) atoms. The van der Waals surface area contributed by atoms with Crippen molar-refractivity contribution in [2.24, 2.45) is 0 Å². The molecular formula is C21H25N3O3S. The summed E-state index contributed by atoms with van der Waals surface area (Å²) in [7, 11) is -3.22. The van der Waals surface area contributed by atoms with Crippen molar-refractivity contribution in [3.63, 3.8) is 0 Å². The van der Waals surface area contributed by atoms with Gasteiger partial charge < -0.3 is 15.0 Å². The molecule has 1 aromatic heterocycles. The second kappa shape index (κ2) is 7.05. The number of sulfonamides is 1. The van der Waals surface area contributed by atoms with E-state index in [9.17, 15) is 8.42 Å². The highest BCUT2D eigenvalue weighted by atomic mass is 32.2. The van der Waals surface area contributed by atoms with Gasteiger partial charge >= 0.3 is 0 Å². The molecule has 4 rings (SSSR count). The van der Waals surface area contributed by atoms with Crippen LogP contribution in [0.4, 0.5) is 11.4 Å². The van der Waals surface area contributed by atoms with Crippen molar-refractivity contribution in [2.75, 3.05) is 28.9 Å². The van der Waals surface area contributed by atoms with E-state index in [4.69, 9.17) is 10.5 Å². The maximum atomic E-state index is 12.3. The van der Waals surface area contributed by atoms with Crippen molar-refractivity contribution in [2.45, 2.75) is 26.8 Å². The SMILES string of the molecule is CCOc1ccc2c(N)c(-c3cccc(N4CCCS4(=O)=O)c3)n(CC)c2c1. The van der Waals surface area contributed by atoms with E-state index in [1.165, 1.54) is 4.31 Å². The lowest BCUT2D eigenvalue weighted by atomic mass is 10.1. The van der Waals surface area contributed by atoms with Gasteiger partial charge in [0, 0.05) is 30.1 Å². The first-order valence-electron chi connectivity index (χ1n) is 9.61. The van der Waals surface area contributed by atoms with Gasteiger partial charge in [0.2, 0.25) is 10.0 Å². The maximum Gasteiger partial charge on any atom is 0.235 e. The molecule has 1 aliphatic heterocycles. The van der Waals surface area contributed by atoms with Gasteiger partial charge in [-0.25, -0.2) is 8.42 Å². The summed E-state index contributed by atoms with van der Waals surface area (Å²) in [5.74, 6) is 1.01. The van der Waals surface area contributed by atoms with Gasteiger partial charge in [0.05, 0.1) is 34.9 Å². The lowest BCUT2D eigenvalue weighted by molar-refractivity contribution is 0.340. The number of nitrogen functional groups attached to an aromatic ring is 1. The molecule has 0 bridgehead atoms. The van der Waals surface area contributed by atoms with Crippen molar-refractivity contribution in [1.82, 2.24) is 4.57 Å². The number of hydrogen-bond acceptors (Lipinski definition) is 4. The van der Waals surface area contributed by atoms with Crippen molar-refractivity contribution >= 4 is 32.3 Å². The highest BCUT2D eigenvalue weighted by Crippen LogP contribution is 2.39. The van der Waals surface area contributed by atoms with Crippen LogP contribution in [-0.2, 0) is 16.6 Å². The largest absolute Gasteiger partial charge is 0.494 e. The number of ether oxygens (including phenoxy) is 1. The Morgan fingerprint density at radius 3 is 2.64 bits per heavy atom. The molecule has 0 aliphatic carbocycles. The van der Waals surface area contributed by atoms with E-state index in [-0.39, 0.29) is 5.75 Å². The number of fused-ring (bicyclic) bond motifs is 1. The number of nitrogens with two attached hydrogens (primary N) is 1. The molecule has 0 saturated carbocycles. The van der Waals surface area contributed by atoms with Gasteiger partial charge in [0.1, 0.15) is 5.75 Å². The number of anilines is 2. The molecule has 0 atom stereocenters. The van der Waals surface area contributed by atoms with Crippen LogP contribution in [0.3, 0.4) is 0 Å². The molecule has 3 aromatic rings. The Balaban J connectivity index is 1.87. The molecule has 0 amide bonds. The van der Waals surface area contributed by atoms with Crippen LogP contribution >= 0.6 is 0 Å². The Morgan fingerprint density at radius 2 is 1.96 bits per heavy atom. The van der Waals surface area contributed by atoms with E-state index in [2.05, 4.69) is 11.5 Å². The summed E-state index contributed by atoms with van der Waals surface area (Å²) in [6.07, 6.45) is 0.657. The highest BCUT2D eigenvalue weighted by molar-refractivity contribution is 7.93. The molecule has 7 heteroatoms. The number of aryl methyl sites for hydroxylation is 1. The number of hydrogen-bond donors (Lipinski definition) is 1. The molecule has 0 unspecified atom stereocenters.